The summed E-state index contributed by atoms with van der Waals surface area (Å²) in [4.78, 5) is 4.80. The molecule has 0 aliphatic carbocycles. The average Bonchev–Trinajstić information content (AvgIpc) is 2.34. The van der Waals surface area contributed by atoms with Crippen LogP contribution in [0.1, 0.15) is 33.6 Å². The van der Waals surface area contributed by atoms with Crippen molar-refractivity contribution in [2.75, 3.05) is 32.7 Å². The van der Waals surface area contributed by atoms with Gasteiger partial charge < -0.3 is 0 Å². The molecule has 3 nitrogen and oxygen atoms in total. The lowest BCUT2D eigenvalue weighted by Crippen LogP contribution is -2.49. The largest absolute Gasteiger partial charge is 0.297 e. The van der Waals surface area contributed by atoms with Crippen molar-refractivity contribution in [3.8, 4) is 6.07 Å². The van der Waals surface area contributed by atoms with Crippen LogP contribution in [0, 0.1) is 11.3 Å². The third kappa shape index (κ3) is 4.89. The Bertz CT molecular complexity index is 278. The fourth-order valence-electron chi connectivity index (χ4n) is 2.17. The SMILES string of the molecule is CCCC(C#N)N1CCN(CC=C(C)C)CC1. The topological polar surface area (TPSA) is 30.3 Å². The van der Waals surface area contributed by atoms with Gasteiger partial charge in [-0.15, -0.1) is 0 Å². The van der Waals surface area contributed by atoms with Crippen molar-refractivity contribution >= 4 is 0 Å². The number of rotatable bonds is 5. The zero-order valence-electron chi connectivity index (χ0n) is 11.4. The van der Waals surface area contributed by atoms with Gasteiger partial charge in [-0.3, -0.25) is 9.80 Å². The van der Waals surface area contributed by atoms with E-state index < -0.39 is 0 Å². The predicted octanol–water partition coefficient (Wildman–Crippen LogP) is 2.26. The monoisotopic (exact) mass is 235 g/mol. The van der Waals surface area contributed by atoms with Crippen LogP contribution in [-0.2, 0) is 0 Å². The molecule has 3 heteroatoms. The Morgan fingerprint density at radius 2 is 1.94 bits per heavy atom. The molecule has 0 aromatic rings. The van der Waals surface area contributed by atoms with Gasteiger partial charge in [-0.25, -0.2) is 0 Å². The average molecular weight is 235 g/mol. The number of hydrogen-bond acceptors (Lipinski definition) is 3. The van der Waals surface area contributed by atoms with E-state index in [9.17, 15) is 0 Å². The molecule has 0 N–H and O–H groups in total. The van der Waals surface area contributed by atoms with E-state index in [1.54, 1.807) is 0 Å². The van der Waals surface area contributed by atoms with Crippen molar-refractivity contribution in [1.82, 2.24) is 9.80 Å². The predicted molar refractivity (Wildman–Crippen MR) is 71.8 cm³/mol. The number of nitrogens with zero attached hydrogens (tertiary/aromatic N) is 3. The first-order chi connectivity index (χ1) is 8.17. The summed E-state index contributed by atoms with van der Waals surface area (Å²) in [6.45, 7) is 11.7. The Balaban J connectivity index is 2.35. The summed E-state index contributed by atoms with van der Waals surface area (Å²) in [6.07, 6.45) is 4.38. The molecule has 1 rings (SSSR count). The second-order valence-electron chi connectivity index (χ2n) is 5.05. The van der Waals surface area contributed by atoms with Gasteiger partial charge in [0.05, 0.1) is 12.1 Å². The molecule has 1 atom stereocenters. The summed E-state index contributed by atoms with van der Waals surface area (Å²) >= 11 is 0. The fourth-order valence-corrected chi connectivity index (χ4v) is 2.17. The Morgan fingerprint density at radius 1 is 1.29 bits per heavy atom. The highest BCUT2D eigenvalue weighted by atomic mass is 15.3. The van der Waals surface area contributed by atoms with Gasteiger partial charge in [0.1, 0.15) is 0 Å². The van der Waals surface area contributed by atoms with E-state index in [-0.39, 0.29) is 6.04 Å². The molecule has 0 spiro atoms. The second-order valence-corrected chi connectivity index (χ2v) is 5.05. The maximum absolute atomic E-state index is 9.14. The first-order valence-corrected chi connectivity index (χ1v) is 6.66. The van der Waals surface area contributed by atoms with Gasteiger partial charge in [-0.05, 0) is 20.3 Å². The minimum Gasteiger partial charge on any atom is -0.297 e. The van der Waals surface area contributed by atoms with E-state index in [1.165, 1.54) is 5.57 Å². The third-order valence-corrected chi connectivity index (χ3v) is 3.32. The first kappa shape index (κ1) is 14.2. The zero-order valence-corrected chi connectivity index (χ0v) is 11.4. The molecule has 0 aromatic carbocycles. The lowest BCUT2D eigenvalue weighted by molar-refractivity contribution is 0.119. The van der Waals surface area contributed by atoms with Gasteiger partial charge in [0, 0.05) is 32.7 Å². The van der Waals surface area contributed by atoms with Crippen LogP contribution < -0.4 is 0 Å². The molecule has 0 amide bonds. The van der Waals surface area contributed by atoms with Crippen molar-refractivity contribution in [2.45, 2.75) is 39.7 Å². The maximum Gasteiger partial charge on any atom is 0.0978 e. The normalized spacial score (nSPS) is 19.6. The zero-order chi connectivity index (χ0) is 12.7. The number of allylic oxidation sites excluding steroid dienone is 1. The van der Waals surface area contributed by atoms with Crippen LogP contribution in [0.4, 0.5) is 0 Å². The fraction of sp³-hybridized carbons (Fsp3) is 0.786. The van der Waals surface area contributed by atoms with Gasteiger partial charge >= 0.3 is 0 Å². The Labute approximate surface area is 106 Å². The summed E-state index contributed by atoms with van der Waals surface area (Å²) in [5, 5.41) is 9.14. The van der Waals surface area contributed by atoms with Crippen LogP contribution in [-0.4, -0.2) is 48.6 Å². The van der Waals surface area contributed by atoms with Crippen LogP contribution in [0.5, 0.6) is 0 Å². The number of hydrogen-bond donors (Lipinski definition) is 0. The van der Waals surface area contributed by atoms with E-state index in [2.05, 4.69) is 42.7 Å². The van der Waals surface area contributed by atoms with Crippen molar-refractivity contribution in [3.05, 3.63) is 11.6 Å². The highest BCUT2D eigenvalue weighted by Gasteiger charge is 2.22. The number of nitriles is 1. The van der Waals surface area contributed by atoms with Gasteiger partial charge in [0.15, 0.2) is 0 Å². The lowest BCUT2D eigenvalue weighted by Gasteiger charge is -2.36. The van der Waals surface area contributed by atoms with Crippen molar-refractivity contribution < 1.29 is 0 Å². The summed E-state index contributed by atoms with van der Waals surface area (Å²) in [5.41, 5.74) is 1.38. The first-order valence-electron chi connectivity index (χ1n) is 6.66. The molecule has 1 fully saturated rings. The van der Waals surface area contributed by atoms with Crippen molar-refractivity contribution in [2.24, 2.45) is 0 Å². The van der Waals surface area contributed by atoms with Crippen LogP contribution in [0.25, 0.3) is 0 Å². The molecule has 1 aliphatic rings. The second kappa shape index (κ2) is 7.47. The molecule has 0 aromatic heterocycles. The van der Waals surface area contributed by atoms with E-state index in [4.69, 9.17) is 5.26 Å². The Morgan fingerprint density at radius 3 is 2.41 bits per heavy atom. The maximum atomic E-state index is 9.14. The van der Waals surface area contributed by atoms with Gasteiger partial charge in [0.2, 0.25) is 0 Å². The van der Waals surface area contributed by atoms with E-state index >= 15 is 0 Å². The highest BCUT2D eigenvalue weighted by Crippen LogP contribution is 2.10. The van der Waals surface area contributed by atoms with Gasteiger partial charge in [-0.1, -0.05) is 25.0 Å². The van der Waals surface area contributed by atoms with E-state index in [0.29, 0.717) is 0 Å². The summed E-state index contributed by atoms with van der Waals surface area (Å²) in [7, 11) is 0. The molecule has 96 valence electrons. The summed E-state index contributed by atoms with van der Waals surface area (Å²) in [6, 6.07) is 2.56. The van der Waals surface area contributed by atoms with Crippen molar-refractivity contribution in [1.29, 1.82) is 5.26 Å². The summed E-state index contributed by atoms with van der Waals surface area (Å²) < 4.78 is 0. The Hall–Kier alpha value is -0.850. The molecular weight excluding hydrogens is 210 g/mol. The summed E-state index contributed by atoms with van der Waals surface area (Å²) in [5.74, 6) is 0. The smallest absolute Gasteiger partial charge is 0.0978 e. The molecule has 1 saturated heterocycles. The van der Waals surface area contributed by atoms with E-state index in [0.717, 1.165) is 45.6 Å². The minimum absolute atomic E-state index is 0.130. The van der Waals surface area contributed by atoms with Gasteiger partial charge in [-0.2, -0.15) is 5.26 Å². The molecule has 1 aliphatic heterocycles. The molecule has 0 radical (unpaired) electrons. The van der Waals surface area contributed by atoms with E-state index in [1.807, 2.05) is 0 Å². The van der Waals surface area contributed by atoms with Crippen LogP contribution in [0.15, 0.2) is 11.6 Å². The standard InChI is InChI=1S/C14H25N3/c1-4-5-14(12-15)17-10-8-16(9-11-17)7-6-13(2)3/h6,14H,4-5,7-11H2,1-3H3. The molecule has 1 heterocycles. The molecule has 17 heavy (non-hydrogen) atoms. The minimum atomic E-state index is 0.130. The quantitative estimate of drug-likeness (QED) is 0.685. The Kier molecular flexibility index (Phi) is 6.25. The number of piperazine rings is 1. The lowest BCUT2D eigenvalue weighted by atomic mass is 10.1. The molecular formula is C14H25N3. The highest BCUT2D eigenvalue weighted by molar-refractivity contribution is 4.97. The van der Waals surface area contributed by atoms with Crippen LogP contribution >= 0.6 is 0 Å². The molecule has 0 bridgehead atoms. The molecule has 1 unspecified atom stereocenters. The van der Waals surface area contributed by atoms with Gasteiger partial charge in [0.25, 0.3) is 0 Å². The molecule has 0 saturated carbocycles. The third-order valence-electron chi connectivity index (χ3n) is 3.32. The van der Waals surface area contributed by atoms with Crippen molar-refractivity contribution in [3.63, 3.8) is 0 Å². The van der Waals surface area contributed by atoms with Crippen LogP contribution in [0.3, 0.4) is 0 Å². The van der Waals surface area contributed by atoms with Crippen LogP contribution in [0.2, 0.25) is 0 Å².